The van der Waals surface area contributed by atoms with Crippen molar-refractivity contribution in [3.63, 3.8) is 0 Å². The minimum atomic E-state index is -0.513. The van der Waals surface area contributed by atoms with Crippen LogP contribution < -0.4 is 10.6 Å². The van der Waals surface area contributed by atoms with Crippen LogP contribution in [0.5, 0.6) is 0 Å². The Bertz CT molecular complexity index is 577. The molecule has 0 spiro atoms. The SMILES string of the molecule is CC(=O)NC(C(=O)Nc1cccc(C(C)=O)c1)C1CCCC1. The minimum Gasteiger partial charge on any atom is -0.344 e. The van der Waals surface area contributed by atoms with Gasteiger partial charge in [-0.15, -0.1) is 0 Å². The third-order valence-corrected chi connectivity index (χ3v) is 4.05. The first-order valence-electron chi connectivity index (χ1n) is 7.66. The molecule has 1 aliphatic carbocycles. The molecule has 1 aromatic rings. The van der Waals surface area contributed by atoms with E-state index < -0.39 is 6.04 Å². The van der Waals surface area contributed by atoms with Gasteiger partial charge >= 0.3 is 0 Å². The standard InChI is InChI=1S/C17H22N2O3/c1-11(20)14-8-5-9-15(10-14)19-17(22)16(18-12(2)21)13-6-3-4-7-13/h5,8-10,13,16H,3-4,6-7H2,1-2H3,(H,18,21)(H,19,22). The normalized spacial score (nSPS) is 16.1. The molecular weight excluding hydrogens is 280 g/mol. The van der Waals surface area contributed by atoms with Gasteiger partial charge in [0.05, 0.1) is 0 Å². The van der Waals surface area contributed by atoms with Crippen LogP contribution in [-0.2, 0) is 9.59 Å². The summed E-state index contributed by atoms with van der Waals surface area (Å²) in [7, 11) is 0. The van der Waals surface area contributed by atoms with E-state index in [2.05, 4.69) is 10.6 Å². The molecule has 0 saturated heterocycles. The predicted octanol–water partition coefficient (Wildman–Crippen LogP) is 2.52. The lowest BCUT2D eigenvalue weighted by Crippen LogP contribution is -2.47. The molecule has 1 saturated carbocycles. The lowest BCUT2D eigenvalue weighted by Gasteiger charge is -2.23. The Hall–Kier alpha value is -2.17. The number of anilines is 1. The first kappa shape index (κ1) is 16.2. The van der Waals surface area contributed by atoms with E-state index in [0.29, 0.717) is 11.3 Å². The fourth-order valence-electron chi connectivity index (χ4n) is 2.94. The number of nitrogens with one attached hydrogen (secondary N) is 2. The molecule has 5 nitrogen and oxygen atoms in total. The molecule has 2 N–H and O–H groups in total. The molecule has 118 valence electrons. The van der Waals surface area contributed by atoms with E-state index in [0.717, 1.165) is 25.7 Å². The maximum absolute atomic E-state index is 12.5. The van der Waals surface area contributed by atoms with Gasteiger partial charge in [0.15, 0.2) is 5.78 Å². The molecule has 0 aliphatic heterocycles. The highest BCUT2D eigenvalue weighted by Crippen LogP contribution is 2.28. The van der Waals surface area contributed by atoms with Crippen molar-refractivity contribution >= 4 is 23.3 Å². The number of hydrogen-bond acceptors (Lipinski definition) is 3. The van der Waals surface area contributed by atoms with Crippen molar-refractivity contribution in [3.05, 3.63) is 29.8 Å². The summed E-state index contributed by atoms with van der Waals surface area (Å²) in [6.45, 7) is 2.91. The van der Waals surface area contributed by atoms with Gasteiger partial charge in [-0.05, 0) is 37.8 Å². The Morgan fingerprint density at radius 3 is 2.41 bits per heavy atom. The summed E-state index contributed by atoms with van der Waals surface area (Å²) >= 11 is 0. The molecule has 2 amide bonds. The van der Waals surface area contributed by atoms with Gasteiger partial charge in [-0.25, -0.2) is 0 Å². The van der Waals surface area contributed by atoms with E-state index in [4.69, 9.17) is 0 Å². The summed E-state index contributed by atoms with van der Waals surface area (Å²) in [5, 5.41) is 5.57. The van der Waals surface area contributed by atoms with Crippen molar-refractivity contribution in [2.75, 3.05) is 5.32 Å². The largest absolute Gasteiger partial charge is 0.344 e. The smallest absolute Gasteiger partial charge is 0.247 e. The number of benzene rings is 1. The van der Waals surface area contributed by atoms with Gasteiger partial charge in [0.2, 0.25) is 11.8 Å². The molecule has 1 aliphatic rings. The van der Waals surface area contributed by atoms with Gasteiger partial charge in [0, 0.05) is 18.2 Å². The van der Waals surface area contributed by atoms with Crippen LogP contribution in [0.3, 0.4) is 0 Å². The third kappa shape index (κ3) is 4.16. The van der Waals surface area contributed by atoms with Gasteiger partial charge in [0.25, 0.3) is 0 Å². The number of Topliss-reactive ketones (excluding diaryl/α,β-unsaturated/α-hetero) is 1. The molecule has 1 unspecified atom stereocenters. The molecule has 2 rings (SSSR count). The predicted molar refractivity (Wildman–Crippen MR) is 84.6 cm³/mol. The second-order valence-corrected chi connectivity index (χ2v) is 5.85. The second kappa shape index (κ2) is 7.20. The Morgan fingerprint density at radius 2 is 1.82 bits per heavy atom. The van der Waals surface area contributed by atoms with Crippen molar-refractivity contribution in [2.24, 2.45) is 5.92 Å². The highest BCUT2D eigenvalue weighted by molar-refractivity contribution is 5.99. The molecule has 0 radical (unpaired) electrons. The first-order valence-corrected chi connectivity index (χ1v) is 7.66. The van der Waals surface area contributed by atoms with Gasteiger partial charge < -0.3 is 10.6 Å². The topological polar surface area (TPSA) is 75.3 Å². The molecule has 22 heavy (non-hydrogen) atoms. The zero-order valence-corrected chi connectivity index (χ0v) is 13.0. The number of carbonyl (C=O) groups excluding carboxylic acids is 3. The number of amides is 2. The Kier molecular flexibility index (Phi) is 5.31. The molecule has 0 heterocycles. The quantitative estimate of drug-likeness (QED) is 0.821. The van der Waals surface area contributed by atoms with Crippen LogP contribution >= 0.6 is 0 Å². The van der Waals surface area contributed by atoms with Gasteiger partial charge in [-0.2, -0.15) is 0 Å². The van der Waals surface area contributed by atoms with E-state index in [1.54, 1.807) is 24.3 Å². The summed E-state index contributed by atoms with van der Waals surface area (Å²) in [5.74, 6) is -0.294. The summed E-state index contributed by atoms with van der Waals surface area (Å²) in [6, 6.07) is 6.32. The van der Waals surface area contributed by atoms with E-state index in [1.807, 2.05) is 0 Å². The summed E-state index contributed by atoms with van der Waals surface area (Å²) in [6.07, 6.45) is 4.08. The maximum atomic E-state index is 12.5. The zero-order chi connectivity index (χ0) is 16.1. The fraction of sp³-hybridized carbons (Fsp3) is 0.471. The van der Waals surface area contributed by atoms with Crippen LogP contribution in [0.4, 0.5) is 5.69 Å². The fourth-order valence-corrected chi connectivity index (χ4v) is 2.94. The second-order valence-electron chi connectivity index (χ2n) is 5.85. The zero-order valence-electron chi connectivity index (χ0n) is 13.0. The molecule has 5 heteroatoms. The molecule has 0 bridgehead atoms. The first-order chi connectivity index (χ1) is 10.5. The third-order valence-electron chi connectivity index (χ3n) is 4.05. The highest BCUT2D eigenvalue weighted by atomic mass is 16.2. The lowest BCUT2D eigenvalue weighted by molar-refractivity contribution is -0.126. The molecule has 1 aromatic carbocycles. The van der Waals surface area contributed by atoms with Crippen LogP contribution in [0.1, 0.15) is 49.9 Å². The van der Waals surface area contributed by atoms with Crippen molar-refractivity contribution < 1.29 is 14.4 Å². The molecular formula is C17H22N2O3. The van der Waals surface area contributed by atoms with Crippen LogP contribution in [0.2, 0.25) is 0 Å². The van der Waals surface area contributed by atoms with E-state index in [-0.39, 0.29) is 23.5 Å². The minimum absolute atomic E-state index is 0.0506. The Morgan fingerprint density at radius 1 is 1.14 bits per heavy atom. The lowest BCUT2D eigenvalue weighted by atomic mass is 9.97. The Labute approximate surface area is 130 Å². The number of carbonyl (C=O) groups is 3. The average Bonchev–Trinajstić information content (AvgIpc) is 2.98. The monoisotopic (exact) mass is 302 g/mol. The molecule has 1 fully saturated rings. The summed E-state index contributed by atoms with van der Waals surface area (Å²) in [5.41, 5.74) is 1.13. The van der Waals surface area contributed by atoms with Gasteiger partial charge in [0.1, 0.15) is 6.04 Å². The van der Waals surface area contributed by atoms with Crippen molar-refractivity contribution in [1.29, 1.82) is 0 Å². The van der Waals surface area contributed by atoms with E-state index in [9.17, 15) is 14.4 Å². The Balaban J connectivity index is 2.11. The summed E-state index contributed by atoms with van der Waals surface area (Å²) in [4.78, 5) is 35.3. The van der Waals surface area contributed by atoms with Crippen LogP contribution in [-0.4, -0.2) is 23.6 Å². The van der Waals surface area contributed by atoms with Crippen molar-refractivity contribution in [1.82, 2.24) is 5.32 Å². The van der Waals surface area contributed by atoms with Crippen molar-refractivity contribution in [3.8, 4) is 0 Å². The highest BCUT2D eigenvalue weighted by Gasteiger charge is 2.31. The van der Waals surface area contributed by atoms with Crippen molar-refractivity contribution in [2.45, 2.75) is 45.6 Å². The molecule has 0 aromatic heterocycles. The van der Waals surface area contributed by atoms with Crippen LogP contribution in [0.15, 0.2) is 24.3 Å². The molecule has 1 atom stereocenters. The van der Waals surface area contributed by atoms with Crippen LogP contribution in [0, 0.1) is 5.92 Å². The van der Waals surface area contributed by atoms with E-state index in [1.165, 1.54) is 13.8 Å². The van der Waals surface area contributed by atoms with Crippen LogP contribution in [0.25, 0.3) is 0 Å². The number of hydrogen-bond donors (Lipinski definition) is 2. The van der Waals surface area contributed by atoms with E-state index >= 15 is 0 Å². The average molecular weight is 302 g/mol. The number of rotatable bonds is 5. The summed E-state index contributed by atoms with van der Waals surface area (Å²) < 4.78 is 0. The number of ketones is 1. The van der Waals surface area contributed by atoms with Gasteiger partial charge in [-0.3, -0.25) is 14.4 Å². The maximum Gasteiger partial charge on any atom is 0.247 e. The van der Waals surface area contributed by atoms with Gasteiger partial charge in [-0.1, -0.05) is 25.0 Å².